The Morgan fingerprint density at radius 1 is 1.36 bits per heavy atom. The second-order valence-electron chi connectivity index (χ2n) is 5.67. The van der Waals surface area contributed by atoms with Crippen molar-refractivity contribution in [3.05, 3.63) is 58.5 Å². The molecule has 3 aromatic rings. The fraction of sp³-hybridized carbons (Fsp3) is 0.188. The quantitative estimate of drug-likeness (QED) is 0.631. The number of H-pyrrole nitrogens is 1. The molecule has 6 nitrogen and oxygen atoms in total. The standard InChI is InChI=1S/C16H16ClFN4O2S/c1-25(23,24)22-14-4-2-3-11-15(20-21-16(11)14)12(8-19)10-6-5-9(17)7-13(10)18/h2-7,12,22H,8,19H2,1H3,(H,20,21). The van der Waals surface area contributed by atoms with Gasteiger partial charge in [0, 0.05) is 22.9 Å². The number of para-hydroxylation sites is 1. The lowest BCUT2D eigenvalue weighted by Crippen LogP contribution is -2.16. The number of aromatic amines is 1. The first-order chi connectivity index (χ1) is 11.8. The molecule has 1 unspecified atom stereocenters. The Hall–Kier alpha value is -2.16. The molecule has 2 aromatic carbocycles. The van der Waals surface area contributed by atoms with E-state index in [1.807, 2.05) is 0 Å². The van der Waals surface area contributed by atoms with Gasteiger partial charge in [-0.05, 0) is 23.8 Å². The van der Waals surface area contributed by atoms with Crippen LogP contribution in [0.3, 0.4) is 0 Å². The van der Waals surface area contributed by atoms with E-state index in [0.717, 1.165) is 6.26 Å². The van der Waals surface area contributed by atoms with Crippen LogP contribution in [0, 0.1) is 5.82 Å². The molecule has 0 saturated carbocycles. The predicted octanol–water partition coefficient (Wildman–Crippen LogP) is 2.82. The predicted molar refractivity (Wildman–Crippen MR) is 96.9 cm³/mol. The summed E-state index contributed by atoms with van der Waals surface area (Å²) in [7, 11) is -3.45. The van der Waals surface area contributed by atoms with Crippen molar-refractivity contribution < 1.29 is 12.8 Å². The van der Waals surface area contributed by atoms with Crippen LogP contribution in [0.5, 0.6) is 0 Å². The van der Waals surface area contributed by atoms with Crippen molar-refractivity contribution in [2.45, 2.75) is 5.92 Å². The van der Waals surface area contributed by atoms with Crippen molar-refractivity contribution in [3.8, 4) is 0 Å². The first-order valence-electron chi connectivity index (χ1n) is 7.40. The lowest BCUT2D eigenvalue weighted by Gasteiger charge is -2.14. The van der Waals surface area contributed by atoms with Crippen LogP contribution in [0.15, 0.2) is 36.4 Å². The van der Waals surface area contributed by atoms with Crippen LogP contribution in [-0.4, -0.2) is 31.4 Å². The molecule has 25 heavy (non-hydrogen) atoms. The van der Waals surface area contributed by atoms with Crippen molar-refractivity contribution in [3.63, 3.8) is 0 Å². The number of sulfonamides is 1. The highest BCUT2D eigenvalue weighted by Crippen LogP contribution is 2.33. The zero-order valence-electron chi connectivity index (χ0n) is 13.3. The monoisotopic (exact) mass is 382 g/mol. The molecule has 4 N–H and O–H groups in total. The van der Waals surface area contributed by atoms with Gasteiger partial charge in [0.05, 0.1) is 23.2 Å². The fourth-order valence-corrected chi connectivity index (χ4v) is 3.51. The normalized spacial score (nSPS) is 13.1. The molecule has 1 heterocycles. The van der Waals surface area contributed by atoms with Crippen LogP contribution in [0.1, 0.15) is 17.2 Å². The lowest BCUT2D eigenvalue weighted by molar-refractivity contribution is 0.595. The maximum absolute atomic E-state index is 14.3. The molecule has 0 aliphatic carbocycles. The van der Waals surface area contributed by atoms with Gasteiger partial charge in [0.25, 0.3) is 0 Å². The third kappa shape index (κ3) is 3.60. The van der Waals surface area contributed by atoms with Crippen LogP contribution in [0.2, 0.25) is 5.02 Å². The Kier molecular flexibility index (Phi) is 4.68. The zero-order chi connectivity index (χ0) is 18.2. The molecular formula is C16H16ClFN4O2S. The molecule has 3 rings (SSSR count). The highest BCUT2D eigenvalue weighted by Gasteiger charge is 2.23. The van der Waals surface area contributed by atoms with Crippen LogP contribution >= 0.6 is 11.6 Å². The number of hydrogen-bond acceptors (Lipinski definition) is 4. The third-order valence-electron chi connectivity index (χ3n) is 3.83. The van der Waals surface area contributed by atoms with Gasteiger partial charge < -0.3 is 5.73 Å². The summed E-state index contributed by atoms with van der Waals surface area (Å²) >= 11 is 5.81. The fourth-order valence-electron chi connectivity index (χ4n) is 2.78. The Balaban J connectivity index is 2.13. The van der Waals surface area contributed by atoms with E-state index in [2.05, 4.69) is 14.9 Å². The van der Waals surface area contributed by atoms with Crippen molar-refractivity contribution in [2.75, 3.05) is 17.5 Å². The number of benzene rings is 2. The molecule has 0 radical (unpaired) electrons. The Bertz CT molecular complexity index is 1040. The van der Waals surface area contributed by atoms with Gasteiger partial charge >= 0.3 is 0 Å². The second-order valence-corrected chi connectivity index (χ2v) is 7.85. The highest BCUT2D eigenvalue weighted by molar-refractivity contribution is 7.92. The molecule has 132 valence electrons. The first-order valence-corrected chi connectivity index (χ1v) is 9.67. The second kappa shape index (κ2) is 6.62. The Morgan fingerprint density at radius 2 is 2.12 bits per heavy atom. The van der Waals surface area contributed by atoms with E-state index in [0.29, 0.717) is 32.9 Å². The largest absolute Gasteiger partial charge is 0.329 e. The smallest absolute Gasteiger partial charge is 0.229 e. The zero-order valence-corrected chi connectivity index (χ0v) is 14.8. The molecule has 0 bridgehead atoms. The van der Waals surface area contributed by atoms with Gasteiger partial charge in [-0.3, -0.25) is 9.82 Å². The summed E-state index contributed by atoms with van der Waals surface area (Å²) in [5.41, 5.74) is 7.66. The van der Waals surface area contributed by atoms with Crippen molar-refractivity contribution in [1.29, 1.82) is 0 Å². The molecular weight excluding hydrogens is 367 g/mol. The van der Waals surface area contributed by atoms with Crippen LogP contribution < -0.4 is 10.5 Å². The summed E-state index contributed by atoms with van der Waals surface area (Å²) in [5.74, 6) is -0.969. The van der Waals surface area contributed by atoms with Crippen LogP contribution in [0.25, 0.3) is 10.9 Å². The summed E-state index contributed by atoms with van der Waals surface area (Å²) in [6.07, 6.45) is 1.06. The maximum Gasteiger partial charge on any atom is 0.229 e. The average molecular weight is 383 g/mol. The number of nitrogens with two attached hydrogens (primary N) is 1. The minimum atomic E-state index is -3.45. The van der Waals surface area contributed by atoms with Crippen molar-refractivity contribution in [2.24, 2.45) is 5.73 Å². The van der Waals surface area contributed by atoms with Gasteiger partial charge in [-0.1, -0.05) is 29.8 Å². The molecule has 0 fully saturated rings. The summed E-state index contributed by atoms with van der Waals surface area (Å²) < 4.78 is 39.8. The molecule has 0 amide bonds. The summed E-state index contributed by atoms with van der Waals surface area (Å²) in [6.45, 7) is 0.127. The first kappa shape index (κ1) is 17.7. The SMILES string of the molecule is CS(=O)(=O)Nc1cccc2c(C(CN)c3ccc(Cl)cc3F)n[nH]c12. The third-order valence-corrected chi connectivity index (χ3v) is 4.65. The Labute approximate surface area is 149 Å². The number of fused-ring (bicyclic) bond motifs is 1. The Morgan fingerprint density at radius 3 is 2.76 bits per heavy atom. The minimum Gasteiger partial charge on any atom is -0.329 e. The summed E-state index contributed by atoms with van der Waals surface area (Å²) in [4.78, 5) is 0. The molecule has 0 saturated heterocycles. The molecule has 0 aliphatic rings. The van der Waals surface area contributed by atoms with Crippen molar-refractivity contribution >= 4 is 38.2 Å². The molecule has 0 spiro atoms. The van der Waals surface area contributed by atoms with Crippen molar-refractivity contribution in [1.82, 2.24) is 10.2 Å². The van der Waals surface area contributed by atoms with Gasteiger partial charge in [-0.2, -0.15) is 5.10 Å². The highest BCUT2D eigenvalue weighted by atomic mass is 35.5. The van der Waals surface area contributed by atoms with Crippen LogP contribution in [-0.2, 0) is 10.0 Å². The van der Waals surface area contributed by atoms with Gasteiger partial charge in [-0.15, -0.1) is 0 Å². The number of nitrogens with zero attached hydrogens (tertiary/aromatic N) is 1. The molecule has 1 atom stereocenters. The van der Waals surface area contributed by atoms with E-state index in [4.69, 9.17) is 17.3 Å². The summed E-state index contributed by atoms with van der Waals surface area (Å²) in [5, 5.41) is 8.03. The van der Waals surface area contributed by atoms with Gasteiger partial charge in [0.2, 0.25) is 10.0 Å². The minimum absolute atomic E-state index is 0.127. The van der Waals surface area contributed by atoms with Gasteiger partial charge in [-0.25, -0.2) is 12.8 Å². The molecule has 0 aliphatic heterocycles. The number of anilines is 1. The topological polar surface area (TPSA) is 101 Å². The van der Waals surface area contributed by atoms with E-state index < -0.39 is 21.8 Å². The lowest BCUT2D eigenvalue weighted by atomic mass is 9.93. The van der Waals surface area contributed by atoms with Gasteiger partial charge in [0.1, 0.15) is 5.82 Å². The van der Waals surface area contributed by atoms with E-state index in [1.165, 1.54) is 6.07 Å². The van der Waals surface area contributed by atoms with Gasteiger partial charge in [0.15, 0.2) is 0 Å². The van der Waals surface area contributed by atoms with E-state index in [1.54, 1.807) is 30.3 Å². The number of nitrogens with one attached hydrogen (secondary N) is 2. The summed E-state index contributed by atoms with van der Waals surface area (Å²) in [6, 6.07) is 9.48. The average Bonchev–Trinajstić information content (AvgIpc) is 2.94. The molecule has 1 aromatic heterocycles. The number of halogens is 2. The van der Waals surface area contributed by atoms with E-state index in [-0.39, 0.29) is 6.54 Å². The number of hydrogen-bond donors (Lipinski definition) is 3. The van der Waals surface area contributed by atoms with E-state index >= 15 is 0 Å². The maximum atomic E-state index is 14.3. The van der Waals surface area contributed by atoms with E-state index in [9.17, 15) is 12.8 Å². The molecule has 9 heteroatoms. The number of rotatable bonds is 5. The number of aromatic nitrogens is 2. The van der Waals surface area contributed by atoms with Crippen LogP contribution in [0.4, 0.5) is 10.1 Å².